The molecule has 2 N–H and O–H groups in total. The van der Waals surface area contributed by atoms with Gasteiger partial charge < -0.3 is 10.0 Å². The Bertz CT molecular complexity index is 582. The van der Waals surface area contributed by atoms with Crippen LogP contribution in [0.4, 0.5) is 0 Å². The lowest BCUT2D eigenvalue weighted by Gasteiger charge is -2.13. The third-order valence-corrected chi connectivity index (χ3v) is 3.13. The van der Waals surface area contributed by atoms with Crippen molar-refractivity contribution in [3.05, 3.63) is 15.9 Å². The number of rotatable bonds is 4. The first-order chi connectivity index (χ1) is 9.58. The number of aromatic amines is 1. The number of hydrogen-bond donors (Lipinski definition) is 2. The van der Waals surface area contributed by atoms with Gasteiger partial charge in [-0.1, -0.05) is 32.8 Å². The second kappa shape index (κ2) is 7.59. The Balaban J connectivity index is 0.000000246. The molecule has 0 aliphatic heterocycles. The Labute approximate surface area is 117 Å². The molecule has 0 atom stereocenters. The topological polar surface area (TPSA) is 99.4 Å². The summed E-state index contributed by atoms with van der Waals surface area (Å²) in [5.74, 6) is -0.0639. The minimum atomic E-state index is -0.359. The van der Waals surface area contributed by atoms with E-state index in [0.29, 0.717) is 6.42 Å². The van der Waals surface area contributed by atoms with Crippen LogP contribution in [0.25, 0.3) is 5.78 Å². The standard InChI is InChI=1S/C6H7N5O2.C6H15N/c1-2-3-4(12)7-6-8-9-10-11(6)5(3)13;1-4-7(5-2)6-3/h13H,2H2,1H3,(H,7,8,10,12);4-6H2,1-3H3. The van der Waals surface area contributed by atoms with Crippen LogP contribution in [0.2, 0.25) is 0 Å². The molecule has 0 saturated heterocycles. The van der Waals surface area contributed by atoms with E-state index < -0.39 is 0 Å². The first-order valence-electron chi connectivity index (χ1n) is 6.83. The summed E-state index contributed by atoms with van der Waals surface area (Å²) in [6, 6.07) is 0. The van der Waals surface area contributed by atoms with Crippen LogP contribution in [0, 0.1) is 0 Å². The van der Waals surface area contributed by atoms with Gasteiger partial charge in [0.15, 0.2) is 0 Å². The molecule has 112 valence electrons. The molecule has 0 aromatic carbocycles. The van der Waals surface area contributed by atoms with E-state index in [0.717, 1.165) is 4.52 Å². The van der Waals surface area contributed by atoms with Crippen molar-refractivity contribution in [1.82, 2.24) is 29.9 Å². The maximum atomic E-state index is 11.3. The Kier molecular flexibility index (Phi) is 6.10. The Morgan fingerprint density at radius 3 is 2.25 bits per heavy atom. The summed E-state index contributed by atoms with van der Waals surface area (Å²) in [4.78, 5) is 16.1. The van der Waals surface area contributed by atoms with Crippen LogP contribution >= 0.6 is 0 Å². The van der Waals surface area contributed by atoms with Gasteiger partial charge in [-0.3, -0.25) is 9.78 Å². The van der Waals surface area contributed by atoms with E-state index in [1.807, 2.05) is 0 Å². The van der Waals surface area contributed by atoms with Gasteiger partial charge >= 0.3 is 0 Å². The summed E-state index contributed by atoms with van der Waals surface area (Å²) in [5, 5.41) is 19.8. The highest BCUT2D eigenvalue weighted by Crippen LogP contribution is 2.11. The molecule has 0 aliphatic carbocycles. The number of H-pyrrole nitrogens is 1. The fourth-order valence-corrected chi connectivity index (χ4v) is 1.80. The molecule has 2 aromatic heterocycles. The number of nitrogens with zero attached hydrogens (tertiary/aromatic N) is 5. The van der Waals surface area contributed by atoms with Crippen molar-refractivity contribution >= 4 is 5.78 Å². The first kappa shape index (κ1) is 16.1. The summed E-state index contributed by atoms with van der Waals surface area (Å²) in [5.41, 5.74) is -0.0814. The van der Waals surface area contributed by atoms with Crippen LogP contribution in [0.1, 0.15) is 33.3 Å². The smallest absolute Gasteiger partial charge is 0.259 e. The van der Waals surface area contributed by atoms with Crippen molar-refractivity contribution in [2.75, 3.05) is 19.6 Å². The molecule has 8 nitrogen and oxygen atoms in total. The number of nitrogens with one attached hydrogen (secondary N) is 1. The van der Waals surface area contributed by atoms with E-state index in [-0.39, 0.29) is 22.8 Å². The maximum absolute atomic E-state index is 11.3. The number of hydrogen-bond acceptors (Lipinski definition) is 6. The zero-order chi connectivity index (χ0) is 15.1. The number of fused-ring (bicyclic) bond motifs is 1. The quantitative estimate of drug-likeness (QED) is 0.843. The van der Waals surface area contributed by atoms with Gasteiger partial charge in [-0.2, -0.15) is 0 Å². The molecule has 0 spiro atoms. The number of aromatic hydroxyl groups is 1. The van der Waals surface area contributed by atoms with Crippen molar-refractivity contribution in [1.29, 1.82) is 0 Å². The average Bonchev–Trinajstić information content (AvgIpc) is 2.90. The van der Waals surface area contributed by atoms with E-state index in [1.54, 1.807) is 6.92 Å². The highest BCUT2D eigenvalue weighted by molar-refractivity contribution is 5.33. The van der Waals surface area contributed by atoms with Crippen molar-refractivity contribution in [2.45, 2.75) is 34.1 Å². The summed E-state index contributed by atoms with van der Waals surface area (Å²) >= 11 is 0. The summed E-state index contributed by atoms with van der Waals surface area (Å²) in [7, 11) is 0. The highest BCUT2D eigenvalue weighted by atomic mass is 16.3. The molecule has 8 heteroatoms. The molecule has 0 fully saturated rings. The lowest BCUT2D eigenvalue weighted by Crippen LogP contribution is -2.21. The summed E-state index contributed by atoms with van der Waals surface area (Å²) in [6.07, 6.45) is 0.428. The minimum absolute atomic E-state index is 0.139. The monoisotopic (exact) mass is 282 g/mol. The van der Waals surface area contributed by atoms with Crippen LogP contribution in [0.15, 0.2) is 4.79 Å². The zero-order valence-electron chi connectivity index (χ0n) is 12.4. The number of aromatic nitrogens is 5. The van der Waals surface area contributed by atoms with Crippen molar-refractivity contribution < 1.29 is 5.11 Å². The molecule has 0 aliphatic rings. The lowest BCUT2D eigenvalue weighted by atomic mass is 10.2. The third-order valence-electron chi connectivity index (χ3n) is 3.13. The predicted octanol–water partition coefficient (Wildman–Crippen LogP) is 0.429. The molecule has 0 amide bonds. The fraction of sp³-hybridized carbons (Fsp3) is 0.667. The summed E-state index contributed by atoms with van der Waals surface area (Å²) < 4.78 is 1.08. The van der Waals surface area contributed by atoms with E-state index in [9.17, 15) is 9.90 Å². The largest absolute Gasteiger partial charge is 0.493 e. The first-order valence-corrected chi connectivity index (χ1v) is 6.83. The molecule has 20 heavy (non-hydrogen) atoms. The van der Waals surface area contributed by atoms with Crippen molar-refractivity contribution in [3.63, 3.8) is 0 Å². The summed E-state index contributed by atoms with van der Waals surface area (Å²) in [6.45, 7) is 11.9. The van der Waals surface area contributed by atoms with Gasteiger partial charge in [0.05, 0.1) is 5.56 Å². The van der Waals surface area contributed by atoms with Crippen LogP contribution in [-0.4, -0.2) is 54.7 Å². The molecule has 2 aromatic rings. The molecular weight excluding hydrogens is 260 g/mol. The third kappa shape index (κ3) is 3.53. The molecule has 0 radical (unpaired) electrons. The second-order valence-corrected chi connectivity index (χ2v) is 4.14. The average molecular weight is 282 g/mol. The van der Waals surface area contributed by atoms with E-state index in [1.165, 1.54) is 19.6 Å². The zero-order valence-corrected chi connectivity index (χ0v) is 12.4. The van der Waals surface area contributed by atoms with Gasteiger partial charge in [0.25, 0.3) is 11.3 Å². The normalized spacial score (nSPS) is 10.7. The Morgan fingerprint density at radius 2 is 1.80 bits per heavy atom. The minimum Gasteiger partial charge on any atom is -0.493 e. The molecule has 2 rings (SSSR count). The van der Waals surface area contributed by atoms with Gasteiger partial charge in [0.1, 0.15) is 0 Å². The Hall–Kier alpha value is -1.96. The molecule has 2 heterocycles. The van der Waals surface area contributed by atoms with Gasteiger partial charge in [0, 0.05) is 0 Å². The predicted molar refractivity (Wildman–Crippen MR) is 75.9 cm³/mol. The fourth-order valence-electron chi connectivity index (χ4n) is 1.80. The highest BCUT2D eigenvalue weighted by Gasteiger charge is 2.11. The van der Waals surface area contributed by atoms with Gasteiger partial charge in [-0.25, -0.2) is 0 Å². The van der Waals surface area contributed by atoms with Gasteiger partial charge in [-0.15, -0.1) is 4.52 Å². The van der Waals surface area contributed by atoms with Crippen LogP contribution < -0.4 is 5.56 Å². The Morgan fingerprint density at radius 1 is 1.20 bits per heavy atom. The van der Waals surface area contributed by atoms with E-state index in [2.05, 4.69) is 46.2 Å². The SMILES string of the molecule is CCN(CC)CC.CCc1c(O)n2nnnc2[nH]c1=O. The number of tetrazole rings is 1. The lowest BCUT2D eigenvalue weighted by molar-refractivity contribution is 0.321. The van der Waals surface area contributed by atoms with E-state index in [4.69, 9.17) is 0 Å². The van der Waals surface area contributed by atoms with E-state index >= 15 is 0 Å². The molecule has 0 unspecified atom stereocenters. The molecule has 0 bridgehead atoms. The molecular formula is C12H22N6O2. The van der Waals surface area contributed by atoms with Gasteiger partial charge in [0.2, 0.25) is 5.88 Å². The van der Waals surface area contributed by atoms with Gasteiger partial charge in [-0.05, 0) is 36.5 Å². The van der Waals surface area contributed by atoms with Crippen molar-refractivity contribution in [3.8, 4) is 5.88 Å². The second-order valence-electron chi connectivity index (χ2n) is 4.14. The molecule has 0 saturated carbocycles. The van der Waals surface area contributed by atoms with Crippen LogP contribution in [0.5, 0.6) is 5.88 Å². The van der Waals surface area contributed by atoms with Crippen molar-refractivity contribution in [2.24, 2.45) is 0 Å². The van der Waals surface area contributed by atoms with Crippen LogP contribution in [-0.2, 0) is 6.42 Å². The maximum Gasteiger partial charge on any atom is 0.259 e. The van der Waals surface area contributed by atoms with Crippen LogP contribution in [0.3, 0.4) is 0 Å².